The molecule has 4 nitrogen and oxygen atoms in total. The van der Waals surface area contributed by atoms with Gasteiger partial charge in [0.2, 0.25) is 0 Å². The fraction of sp³-hybridized carbons (Fsp3) is 0.667. The van der Waals surface area contributed by atoms with Gasteiger partial charge in [0.05, 0.1) is 12.0 Å². The van der Waals surface area contributed by atoms with Crippen LogP contribution >= 0.6 is 0 Å². The smallest absolute Gasteiger partial charge is 0.316 e. The topological polar surface area (TPSA) is 38.8 Å². The summed E-state index contributed by atoms with van der Waals surface area (Å²) < 4.78 is 10.9. The second-order valence-electron chi connectivity index (χ2n) is 7.35. The number of piperidine rings is 1. The van der Waals surface area contributed by atoms with Gasteiger partial charge in [-0.2, -0.15) is 0 Å². The van der Waals surface area contributed by atoms with Gasteiger partial charge in [0, 0.05) is 13.2 Å². The highest BCUT2D eigenvalue weighted by atomic mass is 16.5. The van der Waals surface area contributed by atoms with Crippen molar-refractivity contribution >= 4 is 5.97 Å². The summed E-state index contributed by atoms with van der Waals surface area (Å²) in [7, 11) is 0. The van der Waals surface area contributed by atoms with E-state index in [1.807, 2.05) is 25.1 Å². The Kier molecular flexibility index (Phi) is 6.49. The maximum atomic E-state index is 12.8. The van der Waals surface area contributed by atoms with E-state index in [-0.39, 0.29) is 5.97 Å². The minimum absolute atomic E-state index is 0.0507. The van der Waals surface area contributed by atoms with Crippen LogP contribution in [0.4, 0.5) is 0 Å². The van der Waals surface area contributed by atoms with Crippen molar-refractivity contribution in [3.63, 3.8) is 0 Å². The van der Waals surface area contributed by atoms with Crippen molar-refractivity contribution in [2.24, 2.45) is 5.92 Å². The zero-order valence-electron chi connectivity index (χ0n) is 15.4. The molecule has 0 aromatic heterocycles. The van der Waals surface area contributed by atoms with Crippen LogP contribution in [0.5, 0.6) is 0 Å². The first-order valence-corrected chi connectivity index (χ1v) is 9.77. The van der Waals surface area contributed by atoms with Crippen LogP contribution in [-0.4, -0.2) is 50.3 Å². The molecule has 0 spiro atoms. The first kappa shape index (κ1) is 18.4. The molecule has 3 rings (SSSR count). The Labute approximate surface area is 151 Å². The van der Waals surface area contributed by atoms with Crippen LogP contribution in [0.15, 0.2) is 30.3 Å². The summed E-state index contributed by atoms with van der Waals surface area (Å²) in [6.45, 7) is 7.25. The molecule has 0 atom stereocenters. The Morgan fingerprint density at radius 1 is 1.20 bits per heavy atom. The fourth-order valence-corrected chi connectivity index (χ4v) is 4.20. The van der Waals surface area contributed by atoms with Crippen LogP contribution in [0.25, 0.3) is 0 Å². The summed E-state index contributed by atoms with van der Waals surface area (Å²) in [6, 6.07) is 10.2. The molecular weight excluding hydrogens is 314 g/mol. The van der Waals surface area contributed by atoms with Crippen molar-refractivity contribution in [1.29, 1.82) is 0 Å². The van der Waals surface area contributed by atoms with Gasteiger partial charge >= 0.3 is 5.97 Å². The molecule has 0 bridgehead atoms. The molecule has 1 aromatic carbocycles. The van der Waals surface area contributed by atoms with E-state index < -0.39 is 5.41 Å². The molecule has 0 aliphatic carbocycles. The first-order valence-electron chi connectivity index (χ1n) is 9.77. The fourth-order valence-electron chi connectivity index (χ4n) is 4.20. The van der Waals surface area contributed by atoms with Crippen molar-refractivity contribution in [2.75, 3.05) is 39.5 Å². The highest BCUT2D eigenvalue weighted by Gasteiger charge is 2.44. The summed E-state index contributed by atoms with van der Waals surface area (Å²) in [4.78, 5) is 15.3. The highest BCUT2D eigenvalue weighted by Crippen LogP contribution is 2.37. The Balaban J connectivity index is 1.60. The first-order chi connectivity index (χ1) is 12.2. The van der Waals surface area contributed by atoms with Gasteiger partial charge in [0.1, 0.15) is 0 Å². The number of nitrogens with zero attached hydrogens (tertiary/aromatic N) is 1. The van der Waals surface area contributed by atoms with E-state index in [2.05, 4.69) is 17.0 Å². The number of rotatable bonds is 6. The number of hydrogen-bond acceptors (Lipinski definition) is 4. The quantitative estimate of drug-likeness (QED) is 0.741. The van der Waals surface area contributed by atoms with E-state index in [1.54, 1.807) is 0 Å². The lowest BCUT2D eigenvalue weighted by molar-refractivity contribution is -0.152. The summed E-state index contributed by atoms with van der Waals surface area (Å²) in [6.07, 6.45) is 5.35. The maximum absolute atomic E-state index is 12.8. The van der Waals surface area contributed by atoms with Crippen molar-refractivity contribution in [1.82, 2.24) is 4.90 Å². The Morgan fingerprint density at radius 3 is 2.52 bits per heavy atom. The van der Waals surface area contributed by atoms with E-state index in [4.69, 9.17) is 9.47 Å². The molecule has 2 aliphatic heterocycles. The number of likely N-dealkylation sites (tertiary alicyclic amines) is 1. The number of benzene rings is 1. The molecule has 0 unspecified atom stereocenters. The molecule has 0 amide bonds. The van der Waals surface area contributed by atoms with Gasteiger partial charge in [-0.15, -0.1) is 0 Å². The molecule has 0 N–H and O–H groups in total. The van der Waals surface area contributed by atoms with Crippen LogP contribution in [0.2, 0.25) is 0 Å². The standard InChI is InChI=1S/C21H31NO3/c1-2-25-20(23)21(19-6-4-3-5-7-19)11-14-22(15-12-21)13-8-18-9-16-24-17-10-18/h3-7,18H,2,8-17H2,1H3. The van der Waals surface area contributed by atoms with Gasteiger partial charge in [-0.05, 0) is 70.1 Å². The SMILES string of the molecule is CCOC(=O)C1(c2ccccc2)CCN(CCC2CCOCC2)CC1. The third-order valence-electron chi connectivity index (χ3n) is 5.90. The summed E-state index contributed by atoms with van der Waals surface area (Å²) in [5.74, 6) is 0.755. The largest absolute Gasteiger partial charge is 0.465 e. The molecule has 0 radical (unpaired) electrons. The summed E-state index contributed by atoms with van der Waals surface area (Å²) in [5, 5.41) is 0. The second kappa shape index (κ2) is 8.81. The van der Waals surface area contributed by atoms with Gasteiger partial charge in [0.25, 0.3) is 0 Å². The highest BCUT2D eigenvalue weighted by molar-refractivity contribution is 5.83. The van der Waals surface area contributed by atoms with Gasteiger partial charge in [-0.1, -0.05) is 30.3 Å². The molecule has 2 saturated heterocycles. The monoisotopic (exact) mass is 345 g/mol. The third-order valence-corrected chi connectivity index (χ3v) is 5.90. The number of carbonyl (C=O) groups is 1. The average Bonchev–Trinajstić information content (AvgIpc) is 2.68. The van der Waals surface area contributed by atoms with E-state index in [0.29, 0.717) is 6.61 Å². The van der Waals surface area contributed by atoms with Crippen molar-refractivity contribution in [3.8, 4) is 0 Å². The minimum atomic E-state index is -0.466. The van der Waals surface area contributed by atoms with Crippen molar-refractivity contribution in [3.05, 3.63) is 35.9 Å². The lowest BCUT2D eigenvalue weighted by atomic mass is 9.72. The number of hydrogen-bond donors (Lipinski definition) is 0. The molecule has 2 heterocycles. The van der Waals surface area contributed by atoms with Crippen molar-refractivity contribution < 1.29 is 14.3 Å². The van der Waals surface area contributed by atoms with Crippen LogP contribution in [0.3, 0.4) is 0 Å². The van der Waals surface area contributed by atoms with Crippen LogP contribution in [0.1, 0.15) is 44.6 Å². The van der Waals surface area contributed by atoms with Crippen LogP contribution in [0, 0.1) is 5.92 Å². The lowest BCUT2D eigenvalue weighted by Crippen LogP contribution is -2.48. The zero-order valence-corrected chi connectivity index (χ0v) is 15.4. The molecule has 25 heavy (non-hydrogen) atoms. The van der Waals surface area contributed by atoms with Gasteiger partial charge in [0.15, 0.2) is 0 Å². The maximum Gasteiger partial charge on any atom is 0.316 e. The lowest BCUT2D eigenvalue weighted by Gasteiger charge is -2.40. The Morgan fingerprint density at radius 2 is 1.88 bits per heavy atom. The number of esters is 1. The molecule has 2 fully saturated rings. The van der Waals surface area contributed by atoms with Crippen LogP contribution in [-0.2, 0) is 19.7 Å². The average molecular weight is 345 g/mol. The third kappa shape index (κ3) is 4.42. The zero-order chi connectivity index (χ0) is 17.5. The predicted molar refractivity (Wildman–Crippen MR) is 98.6 cm³/mol. The van der Waals surface area contributed by atoms with Gasteiger partial charge in [-0.25, -0.2) is 0 Å². The van der Waals surface area contributed by atoms with Gasteiger partial charge < -0.3 is 14.4 Å². The second-order valence-corrected chi connectivity index (χ2v) is 7.35. The molecular formula is C21H31NO3. The van der Waals surface area contributed by atoms with Crippen LogP contribution < -0.4 is 0 Å². The molecule has 0 saturated carbocycles. The molecule has 4 heteroatoms. The summed E-state index contributed by atoms with van der Waals surface area (Å²) >= 11 is 0. The number of ether oxygens (including phenoxy) is 2. The van der Waals surface area contributed by atoms with E-state index in [1.165, 1.54) is 19.3 Å². The Hall–Kier alpha value is -1.39. The van der Waals surface area contributed by atoms with E-state index in [9.17, 15) is 4.79 Å². The molecule has 1 aromatic rings. The minimum Gasteiger partial charge on any atom is -0.465 e. The normalized spacial score (nSPS) is 21.8. The van der Waals surface area contributed by atoms with Crippen molar-refractivity contribution in [2.45, 2.75) is 44.4 Å². The Bertz CT molecular complexity index is 531. The molecule has 2 aliphatic rings. The van der Waals surface area contributed by atoms with Gasteiger partial charge in [-0.3, -0.25) is 4.79 Å². The van der Waals surface area contributed by atoms with E-state index in [0.717, 1.165) is 57.2 Å². The molecule has 138 valence electrons. The van der Waals surface area contributed by atoms with E-state index >= 15 is 0 Å². The summed E-state index contributed by atoms with van der Waals surface area (Å²) in [5.41, 5.74) is 0.643. The predicted octanol–water partition coefficient (Wildman–Crippen LogP) is 3.40. The number of carbonyl (C=O) groups excluding carboxylic acids is 1.